The minimum absolute atomic E-state index is 0.0123. The van der Waals surface area contributed by atoms with Crippen LogP contribution in [0.5, 0.6) is 0 Å². The van der Waals surface area contributed by atoms with Gasteiger partial charge in [0.1, 0.15) is 12.2 Å². The first-order valence-corrected chi connectivity index (χ1v) is 10.0. The van der Waals surface area contributed by atoms with E-state index in [0.29, 0.717) is 6.04 Å². The smallest absolute Gasteiger partial charge is 0.241 e. The van der Waals surface area contributed by atoms with E-state index >= 15 is 0 Å². The van der Waals surface area contributed by atoms with Gasteiger partial charge in [-0.05, 0) is 31.4 Å². The van der Waals surface area contributed by atoms with Crippen molar-refractivity contribution in [2.75, 3.05) is 5.73 Å². The molecule has 4 N–H and O–H groups in total. The fourth-order valence-corrected chi connectivity index (χ4v) is 3.46. The van der Waals surface area contributed by atoms with E-state index in [-0.39, 0.29) is 18.4 Å². The van der Waals surface area contributed by atoms with Gasteiger partial charge < -0.3 is 16.0 Å². The van der Waals surface area contributed by atoms with Gasteiger partial charge in [0.15, 0.2) is 0 Å². The molecule has 0 atom stereocenters. The van der Waals surface area contributed by atoms with Gasteiger partial charge in [-0.15, -0.1) is 0 Å². The largest absolute Gasteiger partial charge is 0.368 e. The van der Waals surface area contributed by atoms with Crippen molar-refractivity contribution >= 4 is 22.9 Å². The highest BCUT2D eigenvalue weighted by Crippen LogP contribution is 2.30. The van der Waals surface area contributed by atoms with E-state index in [0.717, 1.165) is 58.4 Å². The maximum atomic E-state index is 12.0. The number of nitrogens with one attached hydrogen (secondary N) is 2. The summed E-state index contributed by atoms with van der Waals surface area (Å²) in [6, 6.07) is 4.33. The zero-order valence-corrected chi connectivity index (χ0v) is 16.6. The first kappa shape index (κ1) is 18.3. The van der Waals surface area contributed by atoms with Crippen molar-refractivity contribution in [1.82, 2.24) is 35.0 Å². The second-order valence-electron chi connectivity index (χ2n) is 7.55. The van der Waals surface area contributed by atoms with Gasteiger partial charge in [-0.1, -0.05) is 6.92 Å². The van der Waals surface area contributed by atoms with Crippen LogP contribution < -0.4 is 11.1 Å². The number of pyridine rings is 1. The molecule has 0 aliphatic heterocycles. The average molecular weight is 402 g/mol. The molecule has 4 aromatic heterocycles. The first-order valence-electron chi connectivity index (χ1n) is 10.0. The van der Waals surface area contributed by atoms with E-state index in [4.69, 9.17) is 5.73 Å². The van der Waals surface area contributed by atoms with Crippen molar-refractivity contribution in [3.8, 4) is 22.4 Å². The minimum atomic E-state index is -0.0123. The van der Waals surface area contributed by atoms with Gasteiger partial charge in [0.2, 0.25) is 11.9 Å². The summed E-state index contributed by atoms with van der Waals surface area (Å²) in [4.78, 5) is 28.4. The Morgan fingerprint density at radius 2 is 2.13 bits per heavy atom. The molecule has 5 rings (SSSR count). The minimum Gasteiger partial charge on any atom is -0.368 e. The molecule has 4 aromatic rings. The van der Waals surface area contributed by atoms with E-state index in [9.17, 15) is 4.79 Å². The van der Waals surface area contributed by atoms with Crippen LogP contribution in [-0.2, 0) is 17.8 Å². The topological polar surface area (TPSA) is 127 Å². The number of hydrogen-bond acceptors (Lipinski definition) is 6. The maximum absolute atomic E-state index is 12.0. The third-order valence-corrected chi connectivity index (χ3v) is 5.18. The molecular weight excluding hydrogens is 380 g/mol. The number of H-pyrrole nitrogens is 1. The Balaban J connectivity index is 1.46. The summed E-state index contributed by atoms with van der Waals surface area (Å²) in [7, 11) is 0. The number of hydrogen-bond donors (Lipinski definition) is 3. The van der Waals surface area contributed by atoms with Crippen molar-refractivity contribution in [3.63, 3.8) is 0 Å². The highest BCUT2D eigenvalue weighted by atomic mass is 16.2. The number of nitrogens with zero attached hydrogens (tertiary/aromatic N) is 5. The third kappa shape index (κ3) is 3.61. The number of aromatic nitrogens is 6. The zero-order valence-electron chi connectivity index (χ0n) is 16.6. The van der Waals surface area contributed by atoms with E-state index in [1.165, 1.54) is 0 Å². The standard InChI is InChI=1S/C21H22N8O/c1-2-14-6-18(28-21(22)27-14)17-9-24-20-16(17)5-12(7-23-20)13-8-25-29(10-13)11-19(30)26-15-3-4-15/h5-10,15H,2-4,11H2,1H3,(H,23,24)(H,26,30)(H2,22,27,28). The molecule has 1 aliphatic carbocycles. The van der Waals surface area contributed by atoms with Crippen LogP contribution in [0.2, 0.25) is 0 Å². The second kappa shape index (κ2) is 7.25. The van der Waals surface area contributed by atoms with Crippen molar-refractivity contribution in [1.29, 1.82) is 0 Å². The Labute approximate surface area is 172 Å². The number of amides is 1. The van der Waals surface area contributed by atoms with Crippen LogP contribution in [0.1, 0.15) is 25.5 Å². The molecule has 152 valence electrons. The Bertz CT molecular complexity index is 1240. The molecular formula is C21H22N8O. The van der Waals surface area contributed by atoms with Gasteiger partial charge in [0.05, 0.1) is 11.9 Å². The number of fused-ring (bicyclic) bond motifs is 1. The molecule has 9 heteroatoms. The molecule has 0 unspecified atom stereocenters. The van der Waals surface area contributed by atoms with Crippen LogP contribution in [-0.4, -0.2) is 41.7 Å². The van der Waals surface area contributed by atoms with Crippen LogP contribution in [0.3, 0.4) is 0 Å². The molecule has 4 heterocycles. The Kier molecular flexibility index (Phi) is 4.42. The number of anilines is 1. The van der Waals surface area contributed by atoms with Crippen molar-refractivity contribution in [2.24, 2.45) is 0 Å². The average Bonchev–Trinajstić information content (AvgIpc) is 3.25. The number of carbonyl (C=O) groups is 1. The Hall–Kier alpha value is -3.75. The lowest BCUT2D eigenvalue weighted by Gasteiger charge is -2.04. The number of nitrogen functional groups attached to an aromatic ring is 1. The summed E-state index contributed by atoms with van der Waals surface area (Å²) in [5.41, 5.74) is 11.0. The molecule has 9 nitrogen and oxygen atoms in total. The molecule has 0 radical (unpaired) electrons. The molecule has 1 amide bonds. The van der Waals surface area contributed by atoms with Gasteiger partial charge in [-0.3, -0.25) is 9.48 Å². The van der Waals surface area contributed by atoms with Gasteiger partial charge >= 0.3 is 0 Å². The molecule has 1 aliphatic rings. The quantitative estimate of drug-likeness (QED) is 0.454. The normalized spacial score (nSPS) is 13.6. The number of nitrogens with two attached hydrogens (primary N) is 1. The predicted molar refractivity (Wildman–Crippen MR) is 113 cm³/mol. The van der Waals surface area contributed by atoms with E-state index in [1.807, 2.05) is 31.5 Å². The molecule has 1 fully saturated rings. The molecule has 30 heavy (non-hydrogen) atoms. The van der Waals surface area contributed by atoms with Crippen molar-refractivity contribution in [2.45, 2.75) is 38.8 Å². The summed E-state index contributed by atoms with van der Waals surface area (Å²) in [6.07, 6.45) is 10.2. The van der Waals surface area contributed by atoms with Gasteiger partial charge in [0.25, 0.3) is 0 Å². The van der Waals surface area contributed by atoms with Crippen LogP contribution >= 0.6 is 0 Å². The number of rotatable bonds is 6. The highest BCUT2D eigenvalue weighted by Gasteiger charge is 2.23. The number of aryl methyl sites for hydroxylation is 1. The van der Waals surface area contributed by atoms with Crippen LogP contribution in [0.4, 0.5) is 5.95 Å². The fourth-order valence-electron chi connectivity index (χ4n) is 3.46. The monoisotopic (exact) mass is 402 g/mol. The Morgan fingerprint density at radius 3 is 2.93 bits per heavy atom. The number of carbonyl (C=O) groups excluding carboxylic acids is 1. The Morgan fingerprint density at radius 1 is 1.27 bits per heavy atom. The van der Waals surface area contributed by atoms with Gasteiger partial charge in [-0.2, -0.15) is 5.10 Å². The molecule has 1 saturated carbocycles. The number of aromatic amines is 1. The maximum Gasteiger partial charge on any atom is 0.241 e. The van der Waals surface area contributed by atoms with Crippen molar-refractivity contribution in [3.05, 3.63) is 42.6 Å². The third-order valence-electron chi connectivity index (χ3n) is 5.18. The van der Waals surface area contributed by atoms with Crippen molar-refractivity contribution < 1.29 is 4.79 Å². The van der Waals surface area contributed by atoms with E-state index in [1.54, 1.807) is 17.1 Å². The highest BCUT2D eigenvalue weighted by molar-refractivity contribution is 5.95. The summed E-state index contributed by atoms with van der Waals surface area (Å²) in [5, 5.41) is 8.24. The summed E-state index contributed by atoms with van der Waals surface area (Å²) in [6.45, 7) is 2.24. The van der Waals surface area contributed by atoms with Crippen LogP contribution in [0, 0.1) is 0 Å². The zero-order chi connectivity index (χ0) is 20.7. The van der Waals surface area contributed by atoms with Crippen LogP contribution in [0.15, 0.2) is 36.9 Å². The second-order valence-corrected chi connectivity index (χ2v) is 7.55. The predicted octanol–water partition coefficient (Wildman–Crippen LogP) is 2.31. The lowest BCUT2D eigenvalue weighted by Crippen LogP contribution is -2.29. The summed E-state index contributed by atoms with van der Waals surface area (Å²) >= 11 is 0. The summed E-state index contributed by atoms with van der Waals surface area (Å²) < 4.78 is 1.65. The lowest BCUT2D eigenvalue weighted by atomic mass is 10.1. The SMILES string of the molecule is CCc1cc(-c2c[nH]c3ncc(-c4cnn(CC(=O)NC5CC5)c4)cc23)nc(N)n1. The van der Waals surface area contributed by atoms with Crippen LogP contribution in [0.25, 0.3) is 33.4 Å². The molecule has 0 saturated heterocycles. The molecule has 0 aromatic carbocycles. The first-order chi connectivity index (χ1) is 14.6. The summed E-state index contributed by atoms with van der Waals surface area (Å²) in [5.74, 6) is 0.246. The fraction of sp³-hybridized carbons (Fsp3) is 0.286. The van der Waals surface area contributed by atoms with E-state index < -0.39 is 0 Å². The van der Waals surface area contributed by atoms with Gasteiger partial charge in [-0.25, -0.2) is 15.0 Å². The molecule has 0 spiro atoms. The van der Waals surface area contributed by atoms with Gasteiger partial charge in [0, 0.05) is 52.4 Å². The molecule has 0 bridgehead atoms. The van der Waals surface area contributed by atoms with E-state index in [2.05, 4.69) is 30.4 Å². The lowest BCUT2D eigenvalue weighted by molar-refractivity contribution is -0.122.